The maximum atomic E-state index is 12.1. The van der Waals surface area contributed by atoms with Crippen LogP contribution >= 0.6 is 11.8 Å². The van der Waals surface area contributed by atoms with E-state index in [0.717, 1.165) is 10.6 Å². The number of carbonyl (C=O) groups is 2. The lowest BCUT2D eigenvalue weighted by Gasteiger charge is -2.20. The topological polar surface area (TPSA) is 58.2 Å². The average Bonchev–Trinajstić information content (AvgIpc) is 2.36. The lowest BCUT2D eigenvalue weighted by atomic mass is 10.0. The third-order valence-corrected chi connectivity index (χ3v) is 3.41. The highest BCUT2D eigenvalue weighted by Gasteiger charge is 2.22. The van der Waals surface area contributed by atoms with Crippen LogP contribution in [0.4, 0.5) is 5.69 Å². The van der Waals surface area contributed by atoms with E-state index in [2.05, 4.69) is 10.6 Å². The van der Waals surface area contributed by atoms with Crippen molar-refractivity contribution in [1.82, 2.24) is 5.32 Å². The third kappa shape index (κ3) is 4.95. The van der Waals surface area contributed by atoms with Gasteiger partial charge in [-0.1, -0.05) is 13.8 Å². The van der Waals surface area contributed by atoms with E-state index in [1.165, 1.54) is 6.92 Å². The van der Waals surface area contributed by atoms with Gasteiger partial charge in [0.2, 0.25) is 11.8 Å². The molecular weight excluding hydrogens is 260 g/mol. The fourth-order valence-electron chi connectivity index (χ4n) is 1.65. The molecule has 0 unspecified atom stereocenters. The van der Waals surface area contributed by atoms with Crippen LogP contribution in [0.2, 0.25) is 0 Å². The predicted octanol–water partition coefficient (Wildman–Crippen LogP) is 2.51. The number of thioether (sulfide) groups is 1. The molecule has 0 aliphatic rings. The number of hydrogen-bond acceptors (Lipinski definition) is 3. The molecule has 0 aliphatic heterocycles. The highest BCUT2D eigenvalue weighted by Crippen LogP contribution is 2.18. The van der Waals surface area contributed by atoms with Gasteiger partial charge in [-0.3, -0.25) is 9.59 Å². The first-order valence-electron chi connectivity index (χ1n) is 6.16. The molecule has 1 atom stereocenters. The van der Waals surface area contributed by atoms with Crippen LogP contribution in [-0.4, -0.2) is 24.1 Å². The van der Waals surface area contributed by atoms with Gasteiger partial charge in [-0.15, -0.1) is 11.8 Å². The van der Waals surface area contributed by atoms with Crippen molar-refractivity contribution in [2.75, 3.05) is 11.6 Å². The van der Waals surface area contributed by atoms with Gasteiger partial charge in [0, 0.05) is 17.5 Å². The van der Waals surface area contributed by atoms with Crippen LogP contribution < -0.4 is 10.6 Å². The Morgan fingerprint density at radius 2 is 1.74 bits per heavy atom. The van der Waals surface area contributed by atoms with Crippen molar-refractivity contribution in [3.8, 4) is 0 Å². The lowest BCUT2D eigenvalue weighted by Crippen LogP contribution is -2.46. The van der Waals surface area contributed by atoms with E-state index in [4.69, 9.17) is 0 Å². The number of amides is 2. The summed E-state index contributed by atoms with van der Waals surface area (Å²) in [5.41, 5.74) is 0.735. The van der Waals surface area contributed by atoms with E-state index in [9.17, 15) is 9.59 Å². The third-order valence-electron chi connectivity index (χ3n) is 2.67. The van der Waals surface area contributed by atoms with Crippen molar-refractivity contribution >= 4 is 29.3 Å². The molecule has 0 radical (unpaired) electrons. The zero-order chi connectivity index (χ0) is 14.4. The van der Waals surface area contributed by atoms with Crippen molar-refractivity contribution in [2.24, 2.45) is 5.92 Å². The van der Waals surface area contributed by atoms with Gasteiger partial charge in [-0.25, -0.2) is 0 Å². The normalized spacial score (nSPS) is 12.1. The van der Waals surface area contributed by atoms with E-state index in [0.29, 0.717) is 0 Å². The van der Waals surface area contributed by atoms with E-state index in [-0.39, 0.29) is 17.7 Å². The molecule has 104 valence electrons. The Balaban J connectivity index is 2.72. The Hall–Kier alpha value is -1.49. The molecule has 19 heavy (non-hydrogen) atoms. The van der Waals surface area contributed by atoms with Gasteiger partial charge in [0.15, 0.2) is 0 Å². The molecule has 0 saturated heterocycles. The SMILES string of the molecule is CSc1ccc(NC(=O)[C@@H](NC(C)=O)C(C)C)cc1. The molecule has 2 N–H and O–H groups in total. The maximum Gasteiger partial charge on any atom is 0.247 e. The minimum Gasteiger partial charge on any atom is -0.344 e. The van der Waals surface area contributed by atoms with Crippen molar-refractivity contribution in [1.29, 1.82) is 0 Å². The monoisotopic (exact) mass is 280 g/mol. The van der Waals surface area contributed by atoms with Gasteiger partial charge in [-0.05, 0) is 36.4 Å². The zero-order valence-electron chi connectivity index (χ0n) is 11.7. The van der Waals surface area contributed by atoms with E-state index in [1.807, 2.05) is 44.4 Å². The zero-order valence-corrected chi connectivity index (χ0v) is 12.5. The summed E-state index contributed by atoms with van der Waals surface area (Å²) in [7, 11) is 0. The molecule has 1 rings (SSSR count). The minimum absolute atomic E-state index is 0.0365. The Bertz CT molecular complexity index is 443. The molecule has 0 aliphatic carbocycles. The highest BCUT2D eigenvalue weighted by molar-refractivity contribution is 7.98. The second-order valence-electron chi connectivity index (χ2n) is 4.64. The van der Waals surface area contributed by atoms with E-state index < -0.39 is 6.04 Å². The van der Waals surface area contributed by atoms with Gasteiger partial charge in [0.1, 0.15) is 6.04 Å². The molecule has 2 amide bonds. The summed E-state index contributed by atoms with van der Waals surface area (Å²) in [6.07, 6.45) is 2.00. The second-order valence-corrected chi connectivity index (χ2v) is 5.52. The Kier molecular flexibility index (Phi) is 5.89. The van der Waals surface area contributed by atoms with E-state index in [1.54, 1.807) is 11.8 Å². The Labute approximate surface area is 118 Å². The molecule has 1 aromatic carbocycles. The van der Waals surface area contributed by atoms with Gasteiger partial charge >= 0.3 is 0 Å². The number of rotatable bonds is 5. The first kappa shape index (κ1) is 15.6. The van der Waals surface area contributed by atoms with Gasteiger partial charge in [-0.2, -0.15) is 0 Å². The number of nitrogens with one attached hydrogen (secondary N) is 2. The van der Waals surface area contributed by atoms with Crippen LogP contribution in [0.3, 0.4) is 0 Å². The summed E-state index contributed by atoms with van der Waals surface area (Å²) in [6, 6.07) is 7.09. The first-order chi connectivity index (χ1) is 8.93. The minimum atomic E-state index is -0.516. The lowest BCUT2D eigenvalue weighted by molar-refractivity contribution is -0.126. The van der Waals surface area contributed by atoms with E-state index >= 15 is 0 Å². The maximum absolute atomic E-state index is 12.1. The van der Waals surface area contributed by atoms with Crippen LogP contribution in [-0.2, 0) is 9.59 Å². The molecule has 4 nitrogen and oxygen atoms in total. The molecule has 0 aromatic heterocycles. The standard InChI is InChI=1S/C14H20N2O2S/c1-9(2)13(15-10(3)17)14(18)16-11-5-7-12(19-4)8-6-11/h5-9,13H,1-4H3,(H,15,17)(H,16,18)/t13-/m0/s1. The molecule has 1 aromatic rings. The average molecular weight is 280 g/mol. The molecule has 0 heterocycles. The fraction of sp³-hybridized carbons (Fsp3) is 0.429. The van der Waals surface area contributed by atoms with Crippen LogP contribution in [0.1, 0.15) is 20.8 Å². The van der Waals surface area contributed by atoms with Crippen LogP contribution in [0, 0.1) is 5.92 Å². The summed E-state index contributed by atoms with van der Waals surface area (Å²) < 4.78 is 0. The smallest absolute Gasteiger partial charge is 0.247 e. The molecular formula is C14H20N2O2S. The number of carbonyl (C=O) groups excluding carboxylic acids is 2. The van der Waals surface area contributed by atoms with Gasteiger partial charge in [0.25, 0.3) is 0 Å². The summed E-state index contributed by atoms with van der Waals surface area (Å²) in [5, 5.41) is 5.48. The molecule has 0 saturated carbocycles. The van der Waals surface area contributed by atoms with Crippen molar-refractivity contribution in [3.63, 3.8) is 0 Å². The first-order valence-corrected chi connectivity index (χ1v) is 7.38. The van der Waals surface area contributed by atoms with Crippen molar-refractivity contribution < 1.29 is 9.59 Å². The van der Waals surface area contributed by atoms with Crippen LogP contribution in [0.15, 0.2) is 29.2 Å². The number of hydrogen-bond donors (Lipinski definition) is 2. The molecule has 0 bridgehead atoms. The predicted molar refractivity (Wildman–Crippen MR) is 79.3 cm³/mol. The fourth-order valence-corrected chi connectivity index (χ4v) is 2.06. The highest BCUT2D eigenvalue weighted by atomic mass is 32.2. The molecule has 5 heteroatoms. The second kappa shape index (κ2) is 7.19. The number of benzene rings is 1. The van der Waals surface area contributed by atoms with Crippen LogP contribution in [0.5, 0.6) is 0 Å². The quantitative estimate of drug-likeness (QED) is 0.815. The summed E-state index contributed by atoms with van der Waals surface area (Å²) in [4.78, 5) is 24.4. The Morgan fingerprint density at radius 1 is 1.16 bits per heavy atom. The largest absolute Gasteiger partial charge is 0.344 e. The Morgan fingerprint density at radius 3 is 2.16 bits per heavy atom. The summed E-state index contributed by atoms with van der Waals surface area (Å²) in [5.74, 6) is -0.358. The summed E-state index contributed by atoms with van der Waals surface area (Å²) >= 11 is 1.65. The summed E-state index contributed by atoms with van der Waals surface area (Å²) in [6.45, 7) is 5.21. The van der Waals surface area contributed by atoms with Gasteiger partial charge in [0.05, 0.1) is 0 Å². The van der Waals surface area contributed by atoms with Crippen LogP contribution in [0.25, 0.3) is 0 Å². The molecule has 0 spiro atoms. The van der Waals surface area contributed by atoms with Crippen molar-refractivity contribution in [3.05, 3.63) is 24.3 Å². The van der Waals surface area contributed by atoms with Gasteiger partial charge < -0.3 is 10.6 Å². The van der Waals surface area contributed by atoms with Crippen molar-refractivity contribution in [2.45, 2.75) is 31.7 Å². The number of anilines is 1. The molecule has 0 fully saturated rings.